The second kappa shape index (κ2) is 8.05. The third kappa shape index (κ3) is 3.52. The lowest BCUT2D eigenvalue weighted by molar-refractivity contribution is -0.133. The minimum Gasteiger partial charge on any atom is -0.454 e. The van der Waals surface area contributed by atoms with Crippen molar-refractivity contribution in [2.75, 3.05) is 18.7 Å². The van der Waals surface area contributed by atoms with Gasteiger partial charge in [-0.2, -0.15) is 0 Å². The molecule has 0 radical (unpaired) electrons. The molecule has 3 heterocycles. The molecule has 2 N–H and O–H groups in total. The first kappa shape index (κ1) is 22.3. The minimum absolute atomic E-state index is 0.0759. The monoisotopic (exact) mass is 477 g/mol. The number of carbonyl (C=O) groups excluding carboxylic acids is 3. The summed E-state index contributed by atoms with van der Waals surface area (Å²) in [6.45, 7) is 2.78. The fourth-order valence-electron chi connectivity index (χ4n) is 4.28. The zero-order chi connectivity index (χ0) is 24.9. The molecule has 4 amide bonds. The van der Waals surface area contributed by atoms with Crippen LogP contribution in [0.5, 0.6) is 11.5 Å². The number of anilines is 1. The molecule has 0 aliphatic carbocycles. The number of carbonyl (C=O) groups is 3. The Morgan fingerprint density at radius 2 is 1.80 bits per heavy atom. The Labute approximate surface area is 199 Å². The normalized spacial score (nSPS) is 18.7. The zero-order valence-corrected chi connectivity index (χ0v) is 19.3. The largest absolute Gasteiger partial charge is 0.454 e. The van der Waals surface area contributed by atoms with Crippen LogP contribution in [0.25, 0.3) is 5.69 Å². The number of imide groups is 1. The number of benzene rings is 2. The van der Waals surface area contributed by atoms with E-state index >= 15 is 0 Å². The number of nitrogens with one attached hydrogen (secondary N) is 2. The molecule has 1 atom stereocenters. The van der Waals surface area contributed by atoms with Crippen LogP contribution in [0.1, 0.15) is 18.2 Å². The van der Waals surface area contributed by atoms with E-state index in [1.54, 1.807) is 68.0 Å². The van der Waals surface area contributed by atoms with Gasteiger partial charge in [-0.25, -0.2) is 9.48 Å². The molecular weight excluding hydrogens is 454 g/mol. The van der Waals surface area contributed by atoms with Crippen LogP contribution in [0.15, 0.2) is 53.3 Å². The first-order chi connectivity index (χ1) is 16.7. The summed E-state index contributed by atoms with van der Waals surface area (Å²) >= 11 is 0. The van der Waals surface area contributed by atoms with E-state index in [2.05, 4.69) is 10.6 Å². The lowest BCUT2D eigenvalue weighted by Gasteiger charge is -2.22. The number of nitrogens with zero attached hydrogens (tertiary/aromatic N) is 3. The summed E-state index contributed by atoms with van der Waals surface area (Å²) in [6.07, 6.45) is 0. The predicted octanol–water partition coefficient (Wildman–Crippen LogP) is 1.62. The highest BCUT2D eigenvalue weighted by Crippen LogP contribution is 2.37. The smallest absolute Gasteiger partial charge is 0.325 e. The molecule has 0 saturated carbocycles. The van der Waals surface area contributed by atoms with Crippen LogP contribution in [0.2, 0.25) is 0 Å². The van der Waals surface area contributed by atoms with E-state index in [9.17, 15) is 19.2 Å². The second-order valence-corrected chi connectivity index (χ2v) is 8.50. The van der Waals surface area contributed by atoms with Crippen LogP contribution >= 0.6 is 0 Å². The molecule has 180 valence electrons. The molecule has 1 fully saturated rings. The SMILES string of the molecule is Cc1c(NC(=O)CN2C(=O)NC(C)(c3ccc4c(c3)OCO4)C2=O)c(=O)n(-c2ccccc2)n1C. The Hall–Kier alpha value is -4.54. The van der Waals surface area contributed by atoms with Gasteiger partial charge in [0.1, 0.15) is 17.8 Å². The number of amides is 4. The standard InChI is InChI=1S/C24H23N5O6/c1-14-20(21(31)29(27(14)3)16-7-5-4-6-8-16)25-19(30)12-28-22(32)24(2,26-23(28)33)15-9-10-17-18(11-15)35-13-34-17/h4-11H,12-13H2,1-3H3,(H,25,30)(H,26,33). The Balaban J connectivity index is 1.36. The van der Waals surface area contributed by atoms with E-state index in [4.69, 9.17) is 9.47 Å². The van der Waals surface area contributed by atoms with Crippen molar-refractivity contribution >= 4 is 23.5 Å². The number of hydrogen-bond acceptors (Lipinski definition) is 6. The van der Waals surface area contributed by atoms with Crippen LogP contribution in [-0.2, 0) is 22.2 Å². The van der Waals surface area contributed by atoms with Gasteiger partial charge >= 0.3 is 6.03 Å². The number of rotatable bonds is 5. The molecule has 2 aliphatic heterocycles. The van der Waals surface area contributed by atoms with Crippen LogP contribution in [0.4, 0.5) is 10.5 Å². The molecule has 35 heavy (non-hydrogen) atoms. The third-order valence-electron chi connectivity index (χ3n) is 6.35. The second-order valence-electron chi connectivity index (χ2n) is 8.50. The van der Waals surface area contributed by atoms with Gasteiger partial charge in [0.15, 0.2) is 11.5 Å². The average Bonchev–Trinajstić information content (AvgIpc) is 3.46. The van der Waals surface area contributed by atoms with Gasteiger partial charge in [-0.15, -0.1) is 0 Å². The summed E-state index contributed by atoms with van der Waals surface area (Å²) in [5.41, 5.74) is -0.0838. The quantitative estimate of drug-likeness (QED) is 0.539. The van der Waals surface area contributed by atoms with Crippen LogP contribution in [0.3, 0.4) is 0 Å². The van der Waals surface area contributed by atoms with Crippen molar-refractivity contribution in [2.45, 2.75) is 19.4 Å². The van der Waals surface area contributed by atoms with E-state index in [0.717, 1.165) is 4.90 Å². The van der Waals surface area contributed by atoms with Crippen molar-refractivity contribution in [2.24, 2.45) is 7.05 Å². The lowest BCUT2D eigenvalue weighted by Crippen LogP contribution is -2.42. The van der Waals surface area contributed by atoms with E-state index in [1.165, 1.54) is 4.68 Å². The Morgan fingerprint density at radius 3 is 2.54 bits per heavy atom. The van der Waals surface area contributed by atoms with Gasteiger partial charge in [0, 0.05) is 7.05 Å². The number of urea groups is 1. The lowest BCUT2D eigenvalue weighted by atomic mass is 9.91. The summed E-state index contributed by atoms with van der Waals surface area (Å²) in [5.74, 6) is -0.251. The van der Waals surface area contributed by atoms with Gasteiger partial charge in [0.25, 0.3) is 11.5 Å². The highest BCUT2D eigenvalue weighted by atomic mass is 16.7. The topological polar surface area (TPSA) is 124 Å². The first-order valence-corrected chi connectivity index (χ1v) is 10.9. The van der Waals surface area contributed by atoms with Crippen molar-refractivity contribution in [3.8, 4) is 17.2 Å². The van der Waals surface area contributed by atoms with Gasteiger partial charge in [-0.3, -0.25) is 24.0 Å². The van der Waals surface area contributed by atoms with Crippen molar-refractivity contribution in [3.63, 3.8) is 0 Å². The maximum Gasteiger partial charge on any atom is 0.325 e. The van der Waals surface area contributed by atoms with Gasteiger partial charge in [-0.05, 0) is 43.7 Å². The van der Waals surface area contributed by atoms with E-state index < -0.39 is 35.5 Å². The minimum atomic E-state index is -1.39. The summed E-state index contributed by atoms with van der Waals surface area (Å²) < 4.78 is 13.7. The van der Waals surface area contributed by atoms with E-state index in [1.807, 2.05) is 6.07 Å². The Bertz CT molecular complexity index is 1430. The van der Waals surface area contributed by atoms with Gasteiger partial charge in [0.2, 0.25) is 12.7 Å². The van der Waals surface area contributed by atoms with Crippen LogP contribution in [0, 0.1) is 6.92 Å². The molecule has 1 saturated heterocycles. The maximum atomic E-state index is 13.2. The van der Waals surface area contributed by atoms with Gasteiger partial charge in [0.05, 0.1) is 11.4 Å². The molecule has 1 aromatic heterocycles. The van der Waals surface area contributed by atoms with Crippen molar-refractivity contribution in [3.05, 3.63) is 70.1 Å². The number of fused-ring (bicyclic) bond motifs is 1. The summed E-state index contributed by atoms with van der Waals surface area (Å²) in [5, 5.41) is 5.23. The van der Waals surface area contributed by atoms with Crippen molar-refractivity contribution < 1.29 is 23.9 Å². The number of ether oxygens (including phenoxy) is 2. The molecule has 11 heteroatoms. The number of aromatic nitrogens is 2. The Morgan fingerprint density at radius 1 is 1.09 bits per heavy atom. The molecule has 0 bridgehead atoms. The van der Waals surface area contributed by atoms with E-state index in [-0.39, 0.29) is 12.5 Å². The summed E-state index contributed by atoms with van der Waals surface area (Å²) in [6, 6.07) is 13.2. The fourth-order valence-corrected chi connectivity index (χ4v) is 4.28. The van der Waals surface area contributed by atoms with Crippen LogP contribution < -0.4 is 25.7 Å². The fraction of sp³-hybridized carbons (Fsp3) is 0.250. The average molecular weight is 477 g/mol. The summed E-state index contributed by atoms with van der Waals surface area (Å²) in [4.78, 5) is 52.6. The number of para-hydroxylation sites is 1. The molecule has 11 nitrogen and oxygen atoms in total. The van der Waals surface area contributed by atoms with Crippen molar-refractivity contribution in [1.82, 2.24) is 19.6 Å². The van der Waals surface area contributed by atoms with E-state index in [0.29, 0.717) is 28.4 Å². The molecule has 5 rings (SSSR count). The number of hydrogen-bond donors (Lipinski definition) is 2. The van der Waals surface area contributed by atoms with Gasteiger partial charge in [-0.1, -0.05) is 24.3 Å². The van der Waals surface area contributed by atoms with Gasteiger partial charge < -0.3 is 20.1 Å². The predicted molar refractivity (Wildman–Crippen MR) is 125 cm³/mol. The third-order valence-corrected chi connectivity index (χ3v) is 6.35. The zero-order valence-electron chi connectivity index (χ0n) is 19.3. The molecule has 2 aromatic carbocycles. The maximum absolute atomic E-state index is 13.2. The first-order valence-electron chi connectivity index (χ1n) is 10.9. The molecule has 2 aliphatic rings. The molecule has 3 aromatic rings. The highest BCUT2D eigenvalue weighted by molar-refractivity contribution is 6.10. The highest BCUT2D eigenvalue weighted by Gasteiger charge is 2.50. The summed E-state index contributed by atoms with van der Waals surface area (Å²) in [7, 11) is 1.70. The molecular formula is C24H23N5O6. The molecule has 1 unspecified atom stereocenters. The van der Waals surface area contributed by atoms with Crippen LogP contribution in [-0.4, -0.2) is 45.4 Å². The van der Waals surface area contributed by atoms with Crippen molar-refractivity contribution in [1.29, 1.82) is 0 Å². The Kier molecular flexibility index (Phi) is 5.12. The molecule has 0 spiro atoms.